The van der Waals surface area contributed by atoms with Gasteiger partial charge < -0.3 is 36.9 Å². The number of aromatic amines is 1. The molecular formula is C22H30N6O6. The maximum absolute atomic E-state index is 12.8. The summed E-state index contributed by atoms with van der Waals surface area (Å²) < 4.78 is 0. The Labute approximate surface area is 196 Å². The summed E-state index contributed by atoms with van der Waals surface area (Å²) in [6, 6.07) is 2.96. The Balaban J connectivity index is 2.04. The topological polar surface area (TPSA) is 200 Å². The highest BCUT2D eigenvalue weighted by molar-refractivity contribution is 5.92. The van der Waals surface area contributed by atoms with Crippen LogP contribution in [0.3, 0.4) is 0 Å². The smallest absolute Gasteiger partial charge is 0.326 e. The number of aromatic nitrogens is 2. The van der Waals surface area contributed by atoms with Gasteiger partial charge in [0.1, 0.15) is 17.8 Å². The number of phenols is 1. The average molecular weight is 475 g/mol. The molecule has 3 atom stereocenters. The molecule has 1 aromatic heterocycles. The van der Waals surface area contributed by atoms with Crippen molar-refractivity contribution in [2.75, 3.05) is 6.54 Å². The lowest BCUT2D eigenvalue weighted by Gasteiger charge is -2.21. The molecule has 0 bridgehead atoms. The minimum absolute atomic E-state index is 0.0465. The second-order valence-corrected chi connectivity index (χ2v) is 8.16. The van der Waals surface area contributed by atoms with Gasteiger partial charge in [-0.25, -0.2) is 9.78 Å². The predicted molar refractivity (Wildman–Crippen MR) is 121 cm³/mol. The molecule has 0 fully saturated rings. The molecule has 2 rings (SSSR count). The van der Waals surface area contributed by atoms with Gasteiger partial charge in [-0.15, -0.1) is 0 Å². The molecule has 12 heteroatoms. The zero-order valence-corrected chi connectivity index (χ0v) is 18.9. The first-order chi connectivity index (χ1) is 16.1. The van der Waals surface area contributed by atoms with Gasteiger partial charge >= 0.3 is 5.97 Å². The van der Waals surface area contributed by atoms with Gasteiger partial charge in [0.2, 0.25) is 17.7 Å². The highest BCUT2D eigenvalue weighted by atomic mass is 16.4. The van der Waals surface area contributed by atoms with Gasteiger partial charge in [0.15, 0.2) is 0 Å². The third-order valence-electron chi connectivity index (χ3n) is 5.01. The van der Waals surface area contributed by atoms with E-state index in [4.69, 9.17) is 5.73 Å². The molecule has 0 saturated carbocycles. The summed E-state index contributed by atoms with van der Waals surface area (Å²) >= 11 is 0. The van der Waals surface area contributed by atoms with Crippen LogP contribution in [0.1, 0.15) is 25.1 Å². The van der Waals surface area contributed by atoms with Crippen LogP contribution in [-0.4, -0.2) is 68.5 Å². The van der Waals surface area contributed by atoms with Crippen molar-refractivity contribution in [3.8, 4) is 5.75 Å². The number of aromatic hydroxyl groups is 1. The molecule has 0 saturated heterocycles. The third-order valence-corrected chi connectivity index (χ3v) is 5.01. The number of carboxylic acids is 1. The largest absolute Gasteiger partial charge is 0.508 e. The van der Waals surface area contributed by atoms with E-state index in [9.17, 15) is 29.4 Å². The number of phenolic OH excluding ortho intramolecular Hbond substituents is 1. The van der Waals surface area contributed by atoms with Crippen molar-refractivity contribution in [1.29, 1.82) is 0 Å². The molecule has 1 aromatic carbocycles. The van der Waals surface area contributed by atoms with Crippen molar-refractivity contribution in [3.63, 3.8) is 0 Å². The van der Waals surface area contributed by atoms with E-state index in [-0.39, 0.29) is 24.5 Å². The van der Waals surface area contributed by atoms with E-state index in [1.807, 2.05) is 0 Å². The number of imidazole rings is 1. The van der Waals surface area contributed by atoms with E-state index >= 15 is 0 Å². The number of aliphatic carboxylic acids is 1. The van der Waals surface area contributed by atoms with E-state index in [0.717, 1.165) is 0 Å². The molecule has 12 nitrogen and oxygen atoms in total. The molecule has 0 aliphatic rings. The lowest BCUT2D eigenvalue weighted by Crippen LogP contribution is -2.54. The number of rotatable bonds is 12. The molecule has 0 aliphatic heterocycles. The van der Waals surface area contributed by atoms with Crippen LogP contribution in [-0.2, 0) is 32.0 Å². The summed E-state index contributed by atoms with van der Waals surface area (Å²) in [6.07, 6.45) is 3.24. The summed E-state index contributed by atoms with van der Waals surface area (Å²) in [5.41, 5.74) is 7.26. The number of H-pyrrole nitrogens is 1. The fourth-order valence-corrected chi connectivity index (χ4v) is 3.11. The number of benzene rings is 1. The summed E-state index contributed by atoms with van der Waals surface area (Å²) in [5.74, 6) is -3.40. The number of carbonyl (C=O) groups excluding carboxylic acids is 3. The minimum atomic E-state index is -1.18. The molecule has 0 spiro atoms. The molecule has 1 heterocycles. The fraction of sp³-hybridized carbons (Fsp3) is 0.409. The number of hydrogen-bond donors (Lipinski definition) is 7. The zero-order valence-electron chi connectivity index (χ0n) is 18.9. The molecule has 3 amide bonds. The van der Waals surface area contributed by atoms with Gasteiger partial charge in [-0.05, 0) is 23.6 Å². The summed E-state index contributed by atoms with van der Waals surface area (Å²) in [7, 11) is 0. The Bertz CT molecular complexity index is 976. The predicted octanol–water partition coefficient (Wildman–Crippen LogP) is -0.946. The number of carbonyl (C=O) groups is 4. The van der Waals surface area contributed by atoms with Crippen LogP contribution in [0.25, 0.3) is 0 Å². The Morgan fingerprint density at radius 2 is 1.74 bits per heavy atom. The molecule has 8 N–H and O–H groups in total. The van der Waals surface area contributed by atoms with Crippen molar-refractivity contribution < 1.29 is 29.4 Å². The van der Waals surface area contributed by atoms with Crippen LogP contribution in [0, 0.1) is 5.92 Å². The Morgan fingerprint density at radius 1 is 1.06 bits per heavy atom. The van der Waals surface area contributed by atoms with Gasteiger partial charge in [0.25, 0.3) is 0 Å². The van der Waals surface area contributed by atoms with Crippen molar-refractivity contribution in [1.82, 2.24) is 25.9 Å². The van der Waals surface area contributed by atoms with Crippen molar-refractivity contribution in [3.05, 3.63) is 48.0 Å². The second-order valence-electron chi connectivity index (χ2n) is 8.16. The second kappa shape index (κ2) is 12.3. The SMILES string of the molecule is CC(C)C(NC(=O)CNC(=O)C(Cc1ccc(O)cc1)NC(=O)C(N)Cc1cnc[nH]1)C(=O)O. The quantitative estimate of drug-likeness (QED) is 0.204. The first kappa shape index (κ1) is 26.3. The molecule has 2 aromatic rings. The number of amides is 3. The monoisotopic (exact) mass is 474 g/mol. The Hall–Kier alpha value is -3.93. The zero-order chi connectivity index (χ0) is 25.3. The molecule has 34 heavy (non-hydrogen) atoms. The minimum Gasteiger partial charge on any atom is -0.508 e. The Morgan fingerprint density at radius 3 is 2.29 bits per heavy atom. The first-order valence-corrected chi connectivity index (χ1v) is 10.7. The van der Waals surface area contributed by atoms with Crippen LogP contribution in [0.2, 0.25) is 0 Å². The van der Waals surface area contributed by atoms with Crippen molar-refractivity contribution in [2.24, 2.45) is 11.7 Å². The van der Waals surface area contributed by atoms with Gasteiger partial charge in [0, 0.05) is 24.7 Å². The third kappa shape index (κ3) is 8.20. The molecule has 0 radical (unpaired) electrons. The molecular weight excluding hydrogens is 444 g/mol. The van der Waals surface area contributed by atoms with Crippen LogP contribution in [0.15, 0.2) is 36.8 Å². The van der Waals surface area contributed by atoms with Gasteiger partial charge in [-0.2, -0.15) is 0 Å². The molecule has 0 aliphatic carbocycles. The number of nitrogens with one attached hydrogen (secondary N) is 4. The van der Waals surface area contributed by atoms with E-state index in [1.54, 1.807) is 26.0 Å². The van der Waals surface area contributed by atoms with Crippen LogP contribution in [0.5, 0.6) is 5.75 Å². The Kier molecular flexibility index (Phi) is 9.56. The summed E-state index contributed by atoms with van der Waals surface area (Å²) in [6.45, 7) is 2.82. The number of nitrogens with zero attached hydrogens (tertiary/aromatic N) is 1. The first-order valence-electron chi connectivity index (χ1n) is 10.7. The highest BCUT2D eigenvalue weighted by Gasteiger charge is 2.27. The normalized spacial score (nSPS) is 13.5. The standard InChI is InChI=1S/C22H30N6O6/c1-12(2)19(22(33)34)28-18(30)10-25-21(32)17(7-13-3-5-15(29)6-4-13)27-20(31)16(23)8-14-9-24-11-26-14/h3-6,9,11-12,16-17,19,29H,7-8,10,23H2,1-2H3,(H,24,26)(H,25,32)(H,27,31)(H,28,30)(H,33,34). The molecule has 3 unspecified atom stereocenters. The van der Waals surface area contributed by atoms with Crippen molar-refractivity contribution >= 4 is 23.7 Å². The van der Waals surface area contributed by atoms with E-state index in [1.165, 1.54) is 24.7 Å². The highest BCUT2D eigenvalue weighted by Crippen LogP contribution is 2.12. The van der Waals surface area contributed by atoms with Gasteiger partial charge in [-0.3, -0.25) is 14.4 Å². The maximum Gasteiger partial charge on any atom is 0.326 e. The number of nitrogens with two attached hydrogens (primary N) is 1. The van der Waals surface area contributed by atoms with Gasteiger partial charge in [0.05, 0.1) is 18.9 Å². The summed E-state index contributed by atoms with van der Waals surface area (Å²) in [5, 5.41) is 26.0. The number of hydrogen-bond acceptors (Lipinski definition) is 7. The fourth-order valence-electron chi connectivity index (χ4n) is 3.11. The van der Waals surface area contributed by atoms with Crippen LogP contribution < -0.4 is 21.7 Å². The lowest BCUT2D eigenvalue weighted by atomic mass is 10.0. The average Bonchev–Trinajstić information content (AvgIpc) is 3.29. The van der Waals surface area contributed by atoms with E-state index < -0.39 is 48.4 Å². The summed E-state index contributed by atoms with van der Waals surface area (Å²) in [4.78, 5) is 55.6. The van der Waals surface area contributed by atoms with Crippen LogP contribution >= 0.6 is 0 Å². The van der Waals surface area contributed by atoms with E-state index in [0.29, 0.717) is 11.3 Å². The number of carboxylic acid groups (broad SMARTS) is 1. The maximum atomic E-state index is 12.8. The lowest BCUT2D eigenvalue weighted by molar-refractivity contribution is -0.143. The van der Waals surface area contributed by atoms with E-state index in [2.05, 4.69) is 25.9 Å². The van der Waals surface area contributed by atoms with Crippen molar-refractivity contribution in [2.45, 2.75) is 44.8 Å². The molecule has 184 valence electrons. The van der Waals surface area contributed by atoms with Crippen LogP contribution in [0.4, 0.5) is 0 Å². The van der Waals surface area contributed by atoms with Gasteiger partial charge in [-0.1, -0.05) is 26.0 Å².